The Kier molecular flexibility index (Phi) is 1.43. The van der Waals surface area contributed by atoms with E-state index in [-0.39, 0.29) is 0 Å². The van der Waals surface area contributed by atoms with Crippen LogP contribution in [0, 0.1) is 12.3 Å². The highest BCUT2D eigenvalue weighted by atomic mass is 15.1. The zero-order valence-corrected chi connectivity index (χ0v) is 6.35. The minimum Gasteiger partial charge on any atom is -0.281 e. The maximum atomic E-state index is 5.29. The van der Waals surface area contributed by atoms with Crippen LogP contribution < -0.4 is 0 Å². The summed E-state index contributed by atoms with van der Waals surface area (Å²) in [6.45, 7) is 0. The number of aromatic amines is 1. The molecule has 2 nitrogen and oxygen atoms in total. The topological polar surface area (TPSA) is 28.7 Å². The standard InChI is InChI=1S/C9H10N2/c1-2-8-7-5-3-4-6-9(7)11-10-8/h1H,3-6H2,(H,10,11). The van der Waals surface area contributed by atoms with Gasteiger partial charge in [-0.1, -0.05) is 0 Å². The zero-order valence-electron chi connectivity index (χ0n) is 6.35. The Morgan fingerprint density at radius 2 is 2.18 bits per heavy atom. The van der Waals surface area contributed by atoms with Gasteiger partial charge in [0, 0.05) is 11.3 Å². The number of hydrogen-bond donors (Lipinski definition) is 1. The smallest absolute Gasteiger partial charge is 0.138 e. The molecule has 0 aromatic carbocycles. The Balaban J connectivity index is 2.48. The molecule has 0 radical (unpaired) electrons. The van der Waals surface area contributed by atoms with Gasteiger partial charge >= 0.3 is 0 Å². The van der Waals surface area contributed by atoms with E-state index < -0.39 is 0 Å². The number of rotatable bonds is 0. The maximum absolute atomic E-state index is 5.29. The average Bonchev–Trinajstić information content (AvgIpc) is 2.47. The van der Waals surface area contributed by atoms with Crippen molar-refractivity contribution in [2.45, 2.75) is 25.7 Å². The van der Waals surface area contributed by atoms with Crippen molar-refractivity contribution >= 4 is 0 Å². The van der Waals surface area contributed by atoms with E-state index in [1.54, 1.807) is 0 Å². The second kappa shape index (κ2) is 2.43. The Labute approximate surface area is 66.0 Å². The molecule has 1 aliphatic carbocycles. The number of hydrogen-bond acceptors (Lipinski definition) is 1. The molecule has 0 spiro atoms. The van der Waals surface area contributed by atoms with Crippen molar-refractivity contribution in [1.29, 1.82) is 0 Å². The molecule has 1 aromatic heterocycles. The molecule has 1 aliphatic rings. The molecule has 2 rings (SSSR count). The molecule has 0 atom stereocenters. The van der Waals surface area contributed by atoms with Gasteiger partial charge in [0.2, 0.25) is 0 Å². The molecule has 56 valence electrons. The van der Waals surface area contributed by atoms with Crippen molar-refractivity contribution in [2.75, 3.05) is 0 Å². The quantitative estimate of drug-likeness (QED) is 0.548. The molecule has 0 bridgehead atoms. The van der Waals surface area contributed by atoms with Crippen LogP contribution in [-0.2, 0) is 12.8 Å². The minimum atomic E-state index is 0.819. The third kappa shape index (κ3) is 0.932. The van der Waals surface area contributed by atoms with Gasteiger partial charge in [-0.05, 0) is 31.6 Å². The lowest BCUT2D eigenvalue weighted by Crippen LogP contribution is -2.01. The molecule has 0 saturated carbocycles. The van der Waals surface area contributed by atoms with Gasteiger partial charge in [-0.25, -0.2) is 0 Å². The second-order valence-corrected chi connectivity index (χ2v) is 2.88. The van der Waals surface area contributed by atoms with Crippen LogP contribution in [0.1, 0.15) is 29.8 Å². The van der Waals surface area contributed by atoms with Gasteiger partial charge in [0.25, 0.3) is 0 Å². The van der Waals surface area contributed by atoms with E-state index in [1.165, 1.54) is 24.1 Å². The summed E-state index contributed by atoms with van der Waals surface area (Å²) < 4.78 is 0. The van der Waals surface area contributed by atoms with Crippen molar-refractivity contribution in [3.63, 3.8) is 0 Å². The first-order valence-corrected chi connectivity index (χ1v) is 3.94. The highest BCUT2D eigenvalue weighted by molar-refractivity contribution is 5.37. The van der Waals surface area contributed by atoms with Crippen LogP contribution in [0.3, 0.4) is 0 Å². The molecule has 0 amide bonds. The molecule has 0 unspecified atom stereocenters. The molecule has 1 N–H and O–H groups in total. The SMILES string of the molecule is C#Cc1n[nH]c2c1CCCC2. The van der Waals surface area contributed by atoms with Crippen molar-refractivity contribution in [3.05, 3.63) is 17.0 Å². The van der Waals surface area contributed by atoms with Crippen LogP contribution in [0.25, 0.3) is 0 Å². The van der Waals surface area contributed by atoms with E-state index in [1.807, 2.05) is 0 Å². The minimum absolute atomic E-state index is 0.819. The summed E-state index contributed by atoms with van der Waals surface area (Å²) in [7, 11) is 0. The lowest BCUT2D eigenvalue weighted by atomic mass is 9.96. The van der Waals surface area contributed by atoms with E-state index >= 15 is 0 Å². The summed E-state index contributed by atoms with van der Waals surface area (Å²) in [4.78, 5) is 0. The molecule has 2 heteroatoms. The molecule has 0 aliphatic heterocycles. The lowest BCUT2D eigenvalue weighted by molar-refractivity contribution is 0.674. The van der Waals surface area contributed by atoms with Crippen LogP contribution in [0.4, 0.5) is 0 Å². The van der Waals surface area contributed by atoms with Gasteiger partial charge in [-0.15, -0.1) is 6.42 Å². The number of nitrogens with one attached hydrogen (secondary N) is 1. The van der Waals surface area contributed by atoms with Gasteiger partial charge in [-0.2, -0.15) is 5.10 Å². The summed E-state index contributed by atoms with van der Waals surface area (Å²) in [5.41, 5.74) is 3.35. The number of aromatic nitrogens is 2. The van der Waals surface area contributed by atoms with Gasteiger partial charge < -0.3 is 0 Å². The summed E-state index contributed by atoms with van der Waals surface area (Å²) in [6, 6.07) is 0. The monoisotopic (exact) mass is 146 g/mol. The fraction of sp³-hybridized carbons (Fsp3) is 0.444. The van der Waals surface area contributed by atoms with Gasteiger partial charge in [0.1, 0.15) is 5.69 Å². The van der Waals surface area contributed by atoms with Gasteiger partial charge in [-0.3, -0.25) is 5.10 Å². The van der Waals surface area contributed by atoms with E-state index in [4.69, 9.17) is 6.42 Å². The van der Waals surface area contributed by atoms with Crippen molar-refractivity contribution < 1.29 is 0 Å². The molecule has 0 fully saturated rings. The fourth-order valence-corrected chi connectivity index (χ4v) is 1.60. The first-order valence-electron chi connectivity index (χ1n) is 3.94. The van der Waals surface area contributed by atoms with E-state index in [9.17, 15) is 0 Å². The number of H-pyrrole nitrogens is 1. The van der Waals surface area contributed by atoms with Crippen LogP contribution >= 0.6 is 0 Å². The summed E-state index contributed by atoms with van der Waals surface area (Å²) in [6.07, 6.45) is 10.0. The zero-order chi connectivity index (χ0) is 7.68. The summed E-state index contributed by atoms with van der Waals surface area (Å²) >= 11 is 0. The predicted octanol–water partition coefficient (Wildman–Crippen LogP) is 1.27. The Hall–Kier alpha value is -1.23. The van der Waals surface area contributed by atoms with Crippen molar-refractivity contribution in [2.24, 2.45) is 0 Å². The van der Waals surface area contributed by atoms with Crippen LogP contribution in [0.5, 0.6) is 0 Å². The van der Waals surface area contributed by atoms with Crippen LogP contribution in [0.15, 0.2) is 0 Å². The third-order valence-corrected chi connectivity index (χ3v) is 2.19. The molecular formula is C9H10N2. The second-order valence-electron chi connectivity index (χ2n) is 2.88. The lowest BCUT2D eigenvalue weighted by Gasteiger charge is -2.08. The van der Waals surface area contributed by atoms with E-state index in [2.05, 4.69) is 16.1 Å². The number of fused-ring (bicyclic) bond motifs is 1. The summed E-state index contributed by atoms with van der Waals surface area (Å²) in [5, 5.41) is 7.04. The maximum Gasteiger partial charge on any atom is 0.138 e. The van der Waals surface area contributed by atoms with Crippen LogP contribution in [0.2, 0.25) is 0 Å². The number of terminal acetylenes is 1. The Morgan fingerprint density at radius 3 is 3.00 bits per heavy atom. The van der Waals surface area contributed by atoms with E-state index in [0.717, 1.165) is 18.5 Å². The Bertz CT molecular complexity index is 304. The van der Waals surface area contributed by atoms with Gasteiger partial charge in [0.05, 0.1) is 0 Å². The van der Waals surface area contributed by atoms with Crippen molar-refractivity contribution in [3.8, 4) is 12.3 Å². The summed E-state index contributed by atoms with van der Waals surface area (Å²) in [5.74, 6) is 2.59. The molecular weight excluding hydrogens is 136 g/mol. The molecule has 0 saturated heterocycles. The molecule has 1 heterocycles. The highest BCUT2D eigenvalue weighted by Crippen LogP contribution is 2.20. The van der Waals surface area contributed by atoms with E-state index in [0.29, 0.717) is 0 Å². The number of nitrogens with zero attached hydrogens (tertiary/aromatic N) is 1. The normalized spacial score (nSPS) is 15.5. The first kappa shape index (κ1) is 6.48. The van der Waals surface area contributed by atoms with Crippen molar-refractivity contribution in [1.82, 2.24) is 10.2 Å². The fourth-order valence-electron chi connectivity index (χ4n) is 1.60. The average molecular weight is 146 g/mol. The Morgan fingerprint density at radius 1 is 1.36 bits per heavy atom. The first-order chi connectivity index (χ1) is 5.42. The van der Waals surface area contributed by atoms with Crippen LogP contribution in [-0.4, -0.2) is 10.2 Å². The third-order valence-electron chi connectivity index (χ3n) is 2.19. The molecule has 1 aromatic rings. The predicted molar refractivity (Wildman–Crippen MR) is 43.2 cm³/mol. The largest absolute Gasteiger partial charge is 0.281 e. The molecule has 11 heavy (non-hydrogen) atoms. The highest BCUT2D eigenvalue weighted by Gasteiger charge is 2.14. The number of aryl methyl sites for hydroxylation is 1. The van der Waals surface area contributed by atoms with Gasteiger partial charge in [0.15, 0.2) is 0 Å².